The van der Waals surface area contributed by atoms with Crippen molar-refractivity contribution in [1.82, 2.24) is 5.16 Å². The molecule has 2 heterocycles. The molecule has 0 aliphatic heterocycles. The molecule has 10 heteroatoms. The quantitative estimate of drug-likeness (QED) is 0.553. The third kappa shape index (κ3) is 3.75. The van der Waals surface area contributed by atoms with Gasteiger partial charge < -0.3 is 10.3 Å². The molecule has 0 fully saturated rings. The molecule has 1 aromatic carbocycles. The predicted octanol–water partition coefficient (Wildman–Crippen LogP) is 3.74. The minimum Gasteiger partial charge on any atom is -0.365 e. The van der Waals surface area contributed by atoms with Gasteiger partial charge in [0.1, 0.15) is 9.77 Å². The normalized spacial score (nSPS) is 11.5. The summed E-state index contributed by atoms with van der Waals surface area (Å²) in [5, 5.41) is 5.27. The van der Waals surface area contributed by atoms with E-state index in [2.05, 4.69) is 9.88 Å². The molecule has 0 unspecified atom stereocenters. The molecule has 0 aliphatic carbocycles. The van der Waals surface area contributed by atoms with E-state index < -0.39 is 15.9 Å². The van der Waals surface area contributed by atoms with Gasteiger partial charge in [0.15, 0.2) is 5.78 Å². The number of nitrogens with zero attached hydrogens (tertiary/aromatic N) is 1. The molecular weight excluding hydrogens is 426 g/mol. The Morgan fingerprint density at radius 1 is 1.17 bits per heavy atom. The minimum atomic E-state index is -4.29. The van der Waals surface area contributed by atoms with Gasteiger partial charge in [-0.3, -0.25) is 9.59 Å². The van der Waals surface area contributed by atoms with E-state index in [1.165, 1.54) is 12.3 Å². The van der Waals surface area contributed by atoms with E-state index in [4.69, 9.17) is 10.3 Å². The summed E-state index contributed by atoms with van der Waals surface area (Å²) in [5.41, 5.74) is 9.13. The zero-order valence-electron chi connectivity index (χ0n) is 17.1. The predicted molar refractivity (Wildman–Crippen MR) is 115 cm³/mol. The number of benzene rings is 1. The van der Waals surface area contributed by atoms with E-state index in [1.807, 2.05) is 13.0 Å². The van der Waals surface area contributed by atoms with Gasteiger partial charge in [0, 0.05) is 22.1 Å². The first-order valence-corrected chi connectivity index (χ1v) is 11.3. The first kappa shape index (κ1) is 21.7. The molecule has 3 rings (SSSR count). The van der Waals surface area contributed by atoms with Crippen molar-refractivity contribution in [2.75, 3.05) is 4.72 Å². The number of Topliss-reactive ketones (excluding diaryl/α,β-unsaturated/α-hetero) is 1. The number of primary amides is 1. The molecule has 158 valence electrons. The van der Waals surface area contributed by atoms with Crippen LogP contribution < -0.4 is 10.5 Å². The molecule has 0 saturated carbocycles. The van der Waals surface area contributed by atoms with Gasteiger partial charge in [-0.05, 0) is 51.8 Å². The van der Waals surface area contributed by atoms with Crippen LogP contribution in [0.1, 0.15) is 49.3 Å². The fourth-order valence-corrected chi connectivity index (χ4v) is 5.93. The summed E-state index contributed by atoms with van der Waals surface area (Å²) in [4.78, 5) is 23.9. The van der Waals surface area contributed by atoms with Crippen molar-refractivity contribution >= 4 is 38.9 Å². The highest BCUT2D eigenvalue weighted by Gasteiger charge is 2.31. The van der Waals surface area contributed by atoms with Crippen LogP contribution in [0.4, 0.5) is 5.88 Å². The number of sulfonamides is 1. The fourth-order valence-electron chi connectivity index (χ4n) is 3.24. The highest BCUT2D eigenvalue weighted by atomic mass is 32.2. The van der Waals surface area contributed by atoms with Crippen molar-refractivity contribution < 1.29 is 22.5 Å². The summed E-state index contributed by atoms with van der Waals surface area (Å²) < 4.78 is 34.1. The van der Waals surface area contributed by atoms with Gasteiger partial charge in [-0.2, -0.15) is 0 Å². The largest absolute Gasteiger partial charge is 0.365 e. The molecule has 0 radical (unpaired) electrons. The number of hydrogen-bond acceptors (Lipinski definition) is 7. The number of anilines is 1. The Morgan fingerprint density at radius 2 is 1.83 bits per heavy atom. The smallest absolute Gasteiger partial charge is 0.266 e. The maximum atomic E-state index is 13.3. The number of nitrogens with one attached hydrogen (secondary N) is 1. The third-order valence-corrected chi connectivity index (χ3v) is 7.29. The summed E-state index contributed by atoms with van der Waals surface area (Å²) in [5.74, 6) is -1.15. The lowest BCUT2D eigenvalue weighted by Gasteiger charge is -2.14. The van der Waals surface area contributed by atoms with Crippen molar-refractivity contribution in [3.05, 3.63) is 50.3 Å². The highest BCUT2D eigenvalue weighted by Crippen LogP contribution is 2.40. The summed E-state index contributed by atoms with van der Waals surface area (Å²) in [6.45, 7) is 8.37. The number of nitrogens with two attached hydrogens (primary N) is 1. The third-order valence-electron chi connectivity index (χ3n) is 4.75. The number of carbonyl (C=O) groups is 2. The molecule has 0 atom stereocenters. The molecule has 3 aromatic rings. The number of aryl methyl sites for hydroxylation is 3. The standard InChI is InChI=1S/C20H21N3O5S2/c1-9-6-10(2)16(14(7-9)13(5)24)15-8-29-17(19(21)25)18(15)30(26,27)23-20-11(3)12(4)22-28-20/h6-8,23H,1-5H3,(H2,21,25). The van der Waals surface area contributed by atoms with Gasteiger partial charge in [0.25, 0.3) is 15.9 Å². The van der Waals surface area contributed by atoms with E-state index in [0.29, 0.717) is 27.9 Å². The Morgan fingerprint density at radius 3 is 2.37 bits per heavy atom. The lowest BCUT2D eigenvalue weighted by Crippen LogP contribution is -2.19. The Balaban J connectivity index is 2.30. The van der Waals surface area contributed by atoms with Crippen molar-refractivity contribution in [2.45, 2.75) is 39.5 Å². The van der Waals surface area contributed by atoms with E-state index in [9.17, 15) is 18.0 Å². The van der Waals surface area contributed by atoms with Crippen LogP contribution >= 0.6 is 11.3 Å². The average Bonchev–Trinajstić information content (AvgIpc) is 3.20. The number of thiophene rings is 1. The lowest BCUT2D eigenvalue weighted by atomic mass is 9.92. The molecule has 3 N–H and O–H groups in total. The van der Waals surface area contributed by atoms with Crippen LogP contribution in [0.3, 0.4) is 0 Å². The minimum absolute atomic E-state index is 0.0486. The molecule has 1 amide bonds. The van der Waals surface area contributed by atoms with Crippen LogP contribution in [0, 0.1) is 27.7 Å². The van der Waals surface area contributed by atoms with Crippen molar-refractivity contribution in [1.29, 1.82) is 0 Å². The SMILES string of the molecule is CC(=O)c1cc(C)cc(C)c1-c1csc(C(N)=O)c1S(=O)(=O)Nc1onc(C)c1C. The van der Waals surface area contributed by atoms with Crippen LogP contribution in [0.25, 0.3) is 11.1 Å². The second-order valence-corrected chi connectivity index (χ2v) is 9.56. The van der Waals surface area contributed by atoms with Crippen molar-refractivity contribution in [3.8, 4) is 11.1 Å². The Kier molecular flexibility index (Phi) is 5.57. The topological polar surface area (TPSA) is 132 Å². The first-order valence-electron chi connectivity index (χ1n) is 8.93. The van der Waals surface area contributed by atoms with Gasteiger partial charge in [0.2, 0.25) is 5.88 Å². The Bertz CT molecular complexity index is 1290. The molecule has 30 heavy (non-hydrogen) atoms. The van der Waals surface area contributed by atoms with Crippen LogP contribution in [-0.4, -0.2) is 25.3 Å². The number of aromatic nitrogens is 1. The molecule has 0 spiro atoms. The Labute approximate surface area is 178 Å². The number of amides is 1. The second-order valence-electron chi connectivity index (χ2n) is 7.06. The maximum absolute atomic E-state index is 13.3. The monoisotopic (exact) mass is 447 g/mol. The molecule has 2 aromatic heterocycles. The van der Waals surface area contributed by atoms with Gasteiger partial charge in [-0.25, -0.2) is 13.1 Å². The number of ketones is 1. The highest BCUT2D eigenvalue weighted by molar-refractivity contribution is 7.93. The van der Waals surface area contributed by atoms with Gasteiger partial charge >= 0.3 is 0 Å². The van der Waals surface area contributed by atoms with Crippen molar-refractivity contribution in [3.63, 3.8) is 0 Å². The van der Waals surface area contributed by atoms with E-state index in [0.717, 1.165) is 16.9 Å². The number of hydrogen-bond donors (Lipinski definition) is 2. The summed E-state index contributed by atoms with van der Waals surface area (Å²) in [6, 6.07) is 3.54. The molecule has 0 saturated heterocycles. The fraction of sp³-hybridized carbons (Fsp3) is 0.250. The van der Waals surface area contributed by atoms with Crippen LogP contribution in [0.15, 0.2) is 26.9 Å². The number of rotatable bonds is 6. The summed E-state index contributed by atoms with van der Waals surface area (Å²) in [6.07, 6.45) is 0. The molecule has 0 bridgehead atoms. The average molecular weight is 448 g/mol. The van der Waals surface area contributed by atoms with Gasteiger partial charge in [0.05, 0.1) is 5.69 Å². The zero-order chi connectivity index (χ0) is 22.4. The zero-order valence-corrected chi connectivity index (χ0v) is 18.7. The maximum Gasteiger partial charge on any atom is 0.266 e. The second kappa shape index (κ2) is 7.69. The molecular formula is C20H21N3O5S2. The van der Waals surface area contributed by atoms with Gasteiger partial charge in [-0.15, -0.1) is 11.3 Å². The molecule has 0 aliphatic rings. The number of carbonyl (C=O) groups excluding carboxylic acids is 2. The lowest BCUT2D eigenvalue weighted by molar-refractivity contribution is 0.0997. The Hall–Kier alpha value is -2.98. The van der Waals surface area contributed by atoms with Crippen LogP contribution in [0.5, 0.6) is 0 Å². The summed E-state index contributed by atoms with van der Waals surface area (Å²) >= 11 is 0.908. The van der Waals surface area contributed by atoms with Gasteiger partial charge in [-0.1, -0.05) is 16.8 Å². The van der Waals surface area contributed by atoms with E-state index in [-0.39, 0.29) is 27.0 Å². The first-order chi connectivity index (χ1) is 13.9. The van der Waals surface area contributed by atoms with Crippen LogP contribution in [-0.2, 0) is 10.0 Å². The molecule has 8 nitrogen and oxygen atoms in total. The summed E-state index contributed by atoms with van der Waals surface area (Å²) in [7, 11) is -4.29. The van der Waals surface area contributed by atoms with E-state index in [1.54, 1.807) is 26.8 Å². The van der Waals surface area contributed by atoms with Crippen LogP contribution in [0.2, 0.25) is 0 Å². The van der Waals surface area contributed by atoms with Crippen molar-refractivity contribution in [2.24, 2.45) is 5.73 Å². The van der Waals surface area contributed by atoms with E-state index >= 15 is 0 Å².